The molecule has 0 radical (unpaired) electrons. The maximum atomic E-state index is 12.4. The number of carboxylic acid groups (broad SMARTS) is 1. The SMILES string of the molecule is COc1ccc(-n2c(C)cc(C(=O)N(C)CC(=O)O)c2C)cc1. The van der Waals surface area contributed by atoms with Crippen molar-refractivity contribution in [3.8, 4) is 11.4 Å². The molecule has 0 aliphatic rings. The molecular formula is C17H20N2O4. The van der Waals surface area contributed by atoms with Crippen molar-refractivity contribution in [1.82, 2.24) is 9.47 Å². The summed E-state index contributed by atoms with van der Waals surface area (Å²) in [6.07, 6.45) is 0. The first-order valence-corrected chi connectivity index (χ1v) is 7.15. The average Bonchev–Trinajstić information content (AvgIpc) is 2.81. The maximum Gasteiger partial charge on any atom is 0.323 e. The smallest absolute Gasteiger partial charge is 0.323 e. The van der Waals surface area contributed by atoms with Gasteiger partial charge in [-0.2, -0.15) is 0 Å². The Morgan fingerprint density at radius 3 is 2.35 bits per heavy atom. The van der Waals surface area contributed by atoms with Crippen molar-refractivity contribution in [2.75, 3.05) is 20.7 Å². The molecule has 2 rings (SSSR count). The summed E-state index contributed by atoms with van der Waals surface area (Å²) in [5, 5.41) is 8.83. The number of ether oxygens (including phenoxy) is 1. The lowest BCUT2D eigenvalue weighted by atomic mass is 10.2. The lowest BCUT2D eigenvalue weighted by Gasteiger charge is -2.15. The molecule has 23 heavy (non-hydrogen) atoms. The molecule has 2 aromatic rings. The Morgan fingerprint density at radius 1 is 1.22 bits per heavy atom. The van der Waals surface area contributed by atoms with E-state index in [0.29, 0.717) is 5.56 Å². The minimum absolute atomic E-state index is 0.305. The molecular weight excluding hydrogens is 296 g/mol. The van der Waals surface area contributed by atoms with Crippen molar-refractivity contribution in [2.24, 2.45) is 0 Å². The second-order valence-corrected chi connectivity index (χ2v) is 5.37. The van der Waals surface area contributed by atoms with Crippen molar-refractivity contribution >= 4 is 11.9 Å². The van der Waals surface area contributed by atoms with Crippen LogP contribution in [0.15, 0.2) is 30.3 Å². The normalized spacial score (nSPS) is 10.4. The Labute approximate surface area is 134 Å². The molecule has 6 nitrogen and oxygen atoms in total. The first-order valence-electron chi connectivity index (χ1n) is 7.15. The number of hydrogen-bond donors (Lipinski definition) is 1. The van der Waals surface area contributed by atoms with Crippen molar-refractivity contribution in [3.63, 3.8) is 0 Å². The molecule has 1 aromatic heterocycles. The lowest BCUT2D eigenvalue weighted by molar-refractivity contribution is -0.137. The van der Waals surface area contributed by atoms with E-state index in [1.165, 1.54) is 11.9 Å². The third-order valence-corrected chi connectivity index (χ3v) is 3.71. The molecule has 0 unspecified atom stereocenters. The number of hydrogen-bond acceptors (Lipinski definition) is 3. The van der Waals surface area contributed by atoms with E-state index in [9.17, 15) is 9.59 Å². The highest BCUT2D eigenvalue weighted by Crippen LogP contribution is 2.23. The number of amides is 1. The van der Waals surface area contributed by atoms with E-state index in [4.69, 9.17) is 9.84 Å². The van der Waals surface area contributed by atoms with Crippen LogP contribution in [0.25, 0.3) is 5.69 Å². The summed E-state index contributed by atoms with van der Waals surface area (Å²) in [6.45, 7) is 3.43. The van der Waals surface area contributed by atoms with Crippen molar-refractivity contribution in [3.05, 3.63) is 47.3 Å². The molecule has 1 heterocycles. The Balaban J connectivity index is 2.38. The fraction of sp³-hybridized carbons (Fsp3) is 0.294. The van der Waals surface area contributed by atoms with Gasteiger partial charge < -0.3 is 19.3 Å². The number of rotatable bonds is 5. The summed E-state index contributed by atoms with van der Waals surface area (Å²) in [7, 11) is 3.09. The Morgan fingerprint density at radius 2 is 1.83 bits per heavy atom. The molecule has 0 fully saturated rings. The first kappa shape index (κ1) is 16.6. The molecule has 0 aliphatic heterocycles. The molecule has 1 aromatic carbocycles. The van der Waals surface area contributed by atoms with Crippen molar-refractivity contribution < 1.29 is 19.4 Å². The predicted octanol–water partition coefficient (Wildman–Crippen LogP) is 2.26. The number of aliphatic carboxylic acids is 1. The van der Waals surface area contributed by atoms with Gasteiger partial charge in [0.25, 0.3) is 5.91 Å². The fourth-order valence-corrected chi connectivity index (χ4v) is 2.59. The highest BCUT2D eigenvalue weighted by molar-refractivity contribution is 5.97. The van der Waals surface area contributed by atoms with Gasteiger partial charge in [-0.05, 0) is 44.2 Å². The van der Waals surface area contributed by atoms with Crippen LogP contribution in [0, 0.1) is 13.8 Å². The van der Waals surface area contributed by atoms with E-state index >= 15 is 0 Å². The first-order chi connectivity index (χ1) is 10.8. The molecule has 0 saturated carbocycles. The topological polar surface area (TPSA) is 71.8 Å². The third kappa shape index (κ3) is 3.36. The second kappa shape index (κ2) is 6.56. The number of carbonyl (C=O) groups is 2. The van der Waals surface area contributed by atoms with Gasteiger partial charge in [0.2, 0.25) is 0 Å². The zero-order valence-electron chi connectivity index (χ0n) is 13.7. The van der Waals surface area contributed by atoms with E-state index in [1.807, 2.05) is 42.7 Å². The standard InChI is InChI=1S/C17H20N2O4/c1-11-9-15(17(22)18(3)10-16(20)21)12(2)19(11)13-5-7-14(23-4)8-6-13/h5-9H,10H2,1-4H3,(H,20,21). The highest BCUT2D eigenvalue weighted by atomic mass is 16.5. The summed E-state index contributed by atoms with van der Waals surface area (Å²) in [5.74, 6) is -0.584. The number of aromatic nitrogens is 1. The van der Waals surface area contributed by atoms with Crippen molar-refractivity contribution in [2.45, 2.75) is 13.8 Å². The predicted molar refractivity (Wildman–Crippen MR) is 86.4 cm³/mol. The monoisotopic (exact) mass is 316 g/mol. The van der Waals surface area contributed by atoms with Gasteiger partial charge in [-0.1, -0.05) is 0 Å². The van der Waals surface area contributed by atoms with Gasteiger partial charge in [0.1, 0.15) is 12.3 Å². The molecule has 0 atom stereocenters. The maximum absolute atomic E-state index is 12.4. The lowest BCUT2D eigenvalue weighted by Crippen LogP contribution is -2.32. The molecule has 0 spiro atoms. The van der Waals surface area contributed by atoms with E-state index in [-0.39, 0.29) is 12.5 Å². The van der Waals surface area contributed by atoms with Crippen LogP contribution in [0.4, 0.5) is 0 Å². The molecule has 0 aliphatic carbocycles. The largest absolute Gasteiger partial charge is 0.497 e. The third-order valence-electron chi connectivity index (χ3n) is 3.71. The molecule has 6 heteroatoms. The summed E-state index contributed by atoms with van der Waals surface area (Å²) in [6, 6.07) is 9.31. The number of aryl methyl sites for hydroxylation is 1. The zero-order valence-corrected chi connectivity index (χ0v) is 13.7. The van der Waals surface area contributed by atoms with Crippen LogP contribution in [-0.4, -0.2) is 47.2 Å². The van der Waals surface area contributed by atoms with Gasteiger partial charge >= 0.3 is 5.97 Å². The molecule has 1 N–H and O–H groups in total. The fourth-order valence-electron chi connectivity index (χ4n) is 2.59. The number of carbonyl (C=O) groups excluding carboxylic acids is 1. The van der Waals surface area contributed by atoms with Crippen LogP contribution in [-0.2, 0) is 4.79 Å². The number of nitrogens with zero attached hydrogens (tertiary/aromatic N) is 2. The zero-order chi connectivity index (χ0) is 17.1. The number of methoxy groups -OCH3 is 1. The quantitative estimate of drug-likeness (QED) is 0.918. The van der Waals surface area contributed by atoms with Gasteiger partial charge in [-0.3, -0.25) is 9.59 Å². The summed E-state index contributed by atoms with van der Waals surface area (Å²) in [5.41, 5.74) is 3.09. The van der Waals surface area contributed by atoms with Crippen LogP contribution in [0.2, 0.25) is 0 Å². The summed E-state index contributed by atoms with van der Waals surface area (Å²) >= 11 is 0. The van der Waals surface area contributed by atoms with E-state index in [2.05, 4.69) is 0 Å². The van der Waals surface area contributed by atoms with Crippen LogP contribution >= 0.6 is 0 Å². The number of benzene rings is 1. The molecule has 0 saturated heterocycles. The van der Waals surface area contributed by atoms with Gasteiger partial charge in [-0.25, -0.2) is 0 Å². The van der Waals surface area contributed by atoms with E-state index < -0.39 is 5.97 Å². The molecule has 122 valence electrons. The van der Waals surface area contributed by atoms with Gasteiger partial charge in [0.15, 0.2) is 0 Å². The van der Waals surface area contributed by atoms with Gasteiger partial charge in [0, 0.05) is 24.1 Å². The van der Waals surface area contributed by atoms with Crippen LogP contribution < -0.4 is 4.74 Å². The minimum atomic E-state index is -1.04. The molecule has 0 bridgehead atoms. The summed E-state index contributed by atoms with van der Waals surface area (Å²) in [4.78, 5) is 24.4. The number of carboxylic acids is 1. The highest BCUT2D eigenvalue weighted by Gasteiger charge is 2.21. The Bertz CT molecular complexity index is 732. The van der Waals surface area contributed by atoms with Gasteiger partial charge in [-0.15, -0.1) is 0 Å². The van der Waals surface area contributed by atoms with E-state index in [1.54, 1.807) is 13.2 Å². The van der Waals surface area contributed by atoms with Crippen LogP contribution in [0.5, 0.6) is 5.75 Å². The number of likely N-dealkylation sites (N-methyl/N-ethyl adjacent to an activating group) is 1. The van der Waals surface area contributed by atoms with E-state index in [0.717, 1.165) is 22.8 Å². The minimum Gasteiger partial charge on any atom is -0.497 e. The van der Waals surface area contributed by atoms with Gasteiger partial charge in [0.05, 0.1) is 12.7 Å². The second-order valence-electron chi connectivity index (χ2n) is 5.37. The molecule has 1 amide bonds. The Kier molecular flexibility index (Phi) is 4.74. The van der Waals surface area contributed by atoms with Crippen LogP contribution in [0.1, 0.15) is 21.7 Å². The summed E-state index contributed by atoms with van der Waals surface area (Å²) < 4.78 is 7.11. The van der Waals surface area contributed by atoms with Crippen LogP contribution in [0.3, 0.4) is 0 Å². The van der Waals surface area contributed by atoms with Crippen molar-refractivity contribution in [1.29, 1.82) is 0 Å². The average molecular weight is 316 g/mol. The Hall–Kier alpha value is -2.76.